The van der Waals surface area contributed by atoms with Gasteiger partial charge in [0, 0.05) is 52.4 Å². The summed E-state index contributed by atoms with van der Waals surface area (Å²) in [5, 5.41) is 12.9. The van der Waals surface area contributed by atoms with Crippen LogP contribution in [-0.4, -0.2) is 328 Å². The zero-order valence-corrected chi connectivity index (χ0v) is 68.5. The molecule has 2 saturated carbocycles. The Bertz CT molecular complexity index is 1650. The minimum atomic E-state index is 0.189. The van der Waals surface area contributed by atoms with E-state index >= 15 is 0 Å². The highest BCUT2D eigenvalue weighted by Crippen LogP contribution is 2.29. The summed E-state index contributed by atoms with van der Waals surface area (Å²) >= 11 is 0. The molecule has 107 heavy (non-hydrogen) atoms. The Labute approximate surface area is 647 Å². The monoisotopic (exact) mass is 1540 g/mol. The van der Waals surface area contributed by atoms with Crippen LogP contribution < -0.4 is 40.2 Å². The molecule has 4 saturated heterocycles. The van der Waals surface area contributed by atoms with E-state index < -0.39 is 0 Å². The molecule has 2 aliphatic carbocycles. The smallest absolute Gasteiger partial charge is 0.161 e. The third kappa shape index (κ3) is 65.9. The molecule has 2 aromatic rings. The number of para-hydroxylation sites is 4. The van der Waals surface area contributed by atoms with Crippen molar-refractivity contribution < 1.29 is 109 Å². The fourth-order valence-corrected chi connectivity index (χ4v) is 10.2. The van der Waals surface area contributed by atoms with Gasteiger partial charge in [-0.15, -0.1) is 0 Å². The summed E-state index contributed by atoms with van der Waals surface area (Å²) in [7, 11) is 0. The molecule has 5 aliphatic heterocycles. The molecular formula is C80H154N4O23. The fourth-order valence-electron chi connectivity index (χ4n) is 10.2. The van der Waals surface area contributed by atoms with E-state index in [2.05, 4.69) is 21.3 Å². The van der Waals surface area contributed by atoms with E-state index in [-0.39, 0.29) is 24.4 Å². The molecule has 0 amide bonds. The van der Waals surface area contributed by atoms with E-state index in [4.69, 9.17) is 109 Å². The first kappa shape index (κ1) is 104. The van der Waals surface area contributed by atoms with Crippen LogP contribution in [0, 0.1) is 0 Å². The van der Waals surface area contributed by atoms with E-state index in [9.17, 15) is 0 Å². The van der Waals surface area contributed by atoms with Crippen molar-refractivity contribution in [2.75, 3.05) is 303 Å². The van der Waals surface area contributed by atoms with E-state index in [0.717, 1.165) is 118 Å². The highest BCUT2D eigenvalue weighted by atomic mass is 16.6. The predicted molar refractivity (Wildman–Crippen MR) is 421 cm³/mol. The number of ether oxygens (including phenoxy) is 23. The number of benzene rings is 2. The number of hydrogen-bond donors (Lipinski definition) is 4. The van der Waals surface area contributed by atoms with Crippen molar-refractivity contribution >= 4 is 0 Å². The molecule has 0 bridgehead atoms. The van der Waals surface area contributed by atoms with Gasteiger partial charge in [-0.05, 0) is 49.9 Å². The van der Waals surface area contributed by atoms with Crippen molar-refractivity contribution in [3.63, 3.8) is 0 Å². The molecule has 632 valence electrons. The summed E-state index contributed by atoms with van der Waals surface area (Å²) in [6.45, 7) is 50.4. The zero-order chi connectivity index (χ0) is 77.6. The second kappa shape index (κ2) is 88.3. The molecule has 6 fully saturated rings. The number of rotatable bonds is 0. The van der Waals surface area contributed by atoms with Crippen molar-refractivity contribution in [3.05, 3.63) is 48.5 Å². The van der Waals surface area contributed by atoms with E-state index in [1.807, 2.05) is 118 Å². The normalized spacial score (nSPS) is 23.5. The van der Waals surface area contributed by atoms with Gasteiger partial charge in [-0.1, -0.05) is 119 Å². The Hall–Kier alpha value is -3.28. The van der Waals surface area contributed by atoms with Gasteiger partial charge in [-0.2, -0.15) is 0 Å². The summed E-state index contributed by atoms with van der Waals surface area (Å²) in [6, 6.07) is 15.2. The molecule has 5 heterocycles. The van der Waals surface area contributed by atoms with Gasteiger partial charge in [0.25, 0.3) is 0 Å². The lowest BCUT2D eigenvalue weighted by Crippen LogP contribution is -2.37. The Balaban J connectivity index is 0.00000130. The Morgan fingerprint density at radius 1 is 0.187 bits per heavy atom. The molecule has 0 aromatic heterocycles. The Kier molecular flexibility index (Phi) is 85.6. The van der Waals surface area contributed by atoms with Gasteiger partial charge < -0.3 is 130 Å². The van der Waals surface area contributed by atoms with Crippen molar-refractivity contribution in [1.82, 2.24) is 21.3 Å². The van der Waals surface area contributed by atoms with Crippen molar-refractivity contribution in [1.29, 1.82) is 0 Å². The highest BCUT2D eigenvalue weighted by molar-refractivity contribution is 5.40. The highest BCUT2D eigenvalue weighted by Gasteiger charge is 2.28. The van der Waals surface area contributed by atoms with Crippen LogP contribution in [0.1, 0.15) is 121 Å². The first-order valence-electron chi connectivity index (χ1n) is 41.0. The quantitative estimate of drug-likeness (QED) is 0.191. The van der Waals surface area contributed by atoms with Crippen molar-refractivity contribution in [2.45, 2.75) is 145 Å². The van der Waals surface area contributed by atoms with Gasteiger partial charge in [0.2, 0.25) is 0 Å². The maximum Gasteiger partial charge on any atom is 0.161 e. The first-order valence-corrected chi connectivity index (χ1v) is 41.0. The van der Waals surface area contributed by atoms with Crippen LogP contribution in [0.4, 0.5) is 0 Å². The third-order valence-corrected chi connectivity index (χ3v) is 15.2. The van der Waals surface area contributed by atoms with E-state index in [1.54, 1.807) is 0 Å². The summed E-state index contributed by atoms with van der Waals surface area (Å²) in [6.07, 6.45) is 9.93. The third-order valence-electron chi connectivity index (χ3n) is 15.2. The van der Waals surface area contributed by atoms with Crippen LogP contribution in [0.25, 0.3) is 0 Å². The standard InChI is InChI=1S/C20H36O6.C20H24O6.C12H25NO5.C10H22N2O3.C8H17NO3.5C2H6/c2*1-2-6-18-17(5-1)23-13-9-21-11-15-25-19-7-3-4-8-20(19)26-16-12-22-10-14-24-18;1-3-14-5-7-16-9-11-18-12-10-17-8-6-15-4-2-13-1;1-5-13-6-2-12-4-8-15-10-9-14-7-3-11-1;1-3-10-5-7-12-8-6-11-4-2-9-1;5*1-2/h17-20H,1-16H2;1-8H,9-16H2;13H,1-12H2;11-12H,1-10H2;9H,1-8H2;5*1-2H3. The van der Waals surface area contributed by atoms with E-state index in [1.165, 1.54) is 25.7 Å². The van der Waals surface area contributed by atoms with Gasteiger partial charge in [-0.3, -0.25) is 0 Å². The minimum Gasteiger partial charge on any atom is -0.487 e. The predicted octanol–water partition coefficient (Wildman–Crippen LogP) is 9.34. The van der Waals surface area contributed by atoms with Crippen LogP contribution in [0.5, 0.6) is 23.0 Å². The van der Waals surface area contributed by atoms with E-state index in [0.29, 0.717) is 234 Å². The summed E-state index contributed by atoms with van der Waals surface area (Å²) in [5.41, 5.74) is 0. The van der Waals surface area contributed by atoms with Crippen molar-refractivity contribution in [2.24, 2.45) is 0 Å². The summed E-state index contributed by atoms with van der Waals surface area (Å²) in [4.78, 5) is 0. The molecule has 0 radical (unpaired) electrons. The average molecular weight is 1540 g/mol. The lowest BCUT2D eigenvalue weighted by atomic mass is 9.94. The van der Waals surface area contributed by atoms with Gasteiger partial charge in [0.1, 0.15) is 26.4 Å². The van der Waals surface area contributed by atoms with Crippen LogP contribution >= 0.6 is 0 Å². The largest absolute Gasteiger partial charge is 0.487 e. The minimum absolute atomic E-state index is 0.189. The number of nitrogens with one attached hydrogen (secondary N) is 4. The van der Waals surface area contributed by atoms with Crippen LogP contribution in [-0.2, 0) is 90.0 Å². The average Bonchev–Trinajstić information content (AvgIpc) is 0.918. The van der Waals surface area contributed by atoms with Gasteiger partial charge >= 0.3 is 0 Å². The first-order chi connectivity index (χ1) is 53.4. The molecular weight excluding hydrogens is 1380 g/mol. The molecule has 4 atom stereocenters. The zero-order valence-electron chi connectivity index (χ0n) is 68.5. The second-order valence-corrected chi connectivity index (χ2v) is 22.7. The van der Waals surface area contributed by atoms with Gasteiger partial charge in [0.15, 0.2) is 23.0 Å². The maximum absolute atomic E-state index is 6.03. The molecule has 27 nitrogen and oxygen atoms in total. The SMILES string of the molecule is C1CCC2OCCOCCOC3CCCCC3OCCOCCOC2C1.C1COCCNCCOCCOCCN1.C1COCCOCCOCCN1.C1COCCOCCOCCOCCOCCN1.CC.CC.CC.CC.CC.c1ccc2c(c1)OCCOCCOc1ccccc1OCCOCCO2. The topological polar surface area (TPSA) is 260 Å². The van der Waals surface area contributed by atoms with Crippen LogP contribution in [0.15, 0.2) is 48.5 Å². The molecule has 0 spiro atoms. The lowest BCUT2D eigenvalue weighted by molar-refractivity contribution is -0.129. The Morgan fingerprint density at radius 2 is 0.327 bits per heavy atom. The molecule has 27 heteroatoms. The second-order valence-electron chi connectivity index (χ2n) is 22.7. The van der Waals surface area contributed by atoms with Crippen LogP contribution in [0.3, 0.4) is 0 Å². The van der Waals surface area contributed by atoms with Gasteiger partial charge in [-0.25, -0.2) is 0 Å². The maximum atomic E-state index is 6.03. The van der Waals surface area contributed by atoms with Gasteiger partial charge in [0.05, 0.1) is 249 Å². The van der Waals surface area contributed by atoms with Crippen LogP contribution in [0.2, 0.25) is 0 Å². The molecule has 4 N–H and O–H groups in total. The molecule has 9 rings (SSSR count). The number of hydrogen-bond acceptors (Lipinski definition) is 27. The Morgan fingerprint density at radius 3 is 0.505 bits per heavy atom. The molecule has 4 unspecified atom stereocenters. The lowest BCUT2D eigenvalue weighted by Gasteiger charge is -2.32. The van der Waals surface area contributed by atoms with Crippen molar-refractivity contribution in [3.8, 4) is 23.0 Å². The summed E-state index contributed by atoms with van der Waals surface area (Å²) in [5.74, 6) is 2.80. The summed E-state index contributed by atoms with van der Waals surface area (Å²) < 4.78 is 128. The number of fused-ring (bicyclic) bond motifs is 4. The molecule has 2 aromatic carbocycles. The fraction of sp³-hybridized carbons (Fsp3) is 0.850. The molecule has 7 aliphatic rings.